The summed E-state index contributed by atoms with van der Waals surface area (Å²) in [5.41, 5.74) is 0.359. The molecule has 1 rings (SSSR count). The van der Waals surface area contributed by atoms with E-state index in [9.17, 15) is 14.7 Å². The Balaban J connectivity index is 3.08. The molecular weight excluding hydrogens is 364 g/mol. The fourth-order valence-corrected chi connectivity index (χ4v) is 2.22. The second kappa shape index (κ2) is 8.36. The van der Waals surface area contributed by atoms with E-state index in [0.717, 1.165) is 0 Å². The molecule has 0 aliphatic carbocycles. The molecule has 0 saturated carbocycles. The van der Waals surface area contributed by atoms with E-state index < -0.39 is 24.0 Å². The molecule has 116 valence electrons. The van der Waals surface area contributed by atoms with Gasteiger partial charge in [0.05, 0.1) is 18.2 Å². The highest BCUT2D eigenvalue weighted by molar-refractivity contribution is 9.10. The smallest absolute Gasteiger partial charge is 0.323 e. The van der Waals surface area contributed by atoms with Crippen LogP contribution in [0.25, 0.3) is 0 Å². The van der Waals surface area contributed by atoms with Crippen molar-refractivity contribution in [1.29, 1.82) is 0 Å². The average Bonchev–Trinajstić information content (AvgIpc) is 2.42. The van der Waals surface area contributed by atoms with Crippen molar-refractivity contribution in [3.05, 3.63) is 33.3 Å². The molecule has 0 radical (unpaired) electrons. The number of carbonyl (C=O) groups excluding carboxylic acids is 2. The van der Waals surface area contributed by atoms with Crippen LogP contribution in [0.1, 0.15) is 25.5 Å². The molecule has 0 spiro atoms. The summed E-state index contributed by atoms with van der Waals surface area (Å²) in [7, 11) is 0. The van der Waals surface area contributed by atoms with Crippen molar-refractivity contribution >= 4 is 39.5 Å². The summed E-state index contributed by atoms with van der Waals surface area (Å²) in [5.74, 6) is -3.08. The highest BCUT2D eigenvalue weighted by atomic mass is 79.9. The maximum absolute atomic E-state index is 11.9. The van der Waals surface area contributed by atoms with Crippen LogP contribution >= 0.6 is 27.5 Å². The van der Waals surface area contributed by atoms with Gasteiger partial charge in [-0.25, -0.2) is 0 Å². The maximum Gasteiger partial charge on any atom is 0.323 e. The van der Waals surface area contributed by atoms with E-state index in [0.29, 0.717) is 15.1 Å². The third-order valence-corrected chi connectivity index (χ3v) is 3.90. The fourth-order valence-electron chi connectivity index (χ4n) is 1.71. The molecular formula is C14H16BrClO5. The third-order valence-electron chi connectivity index (χ3n) is 2.68. The lowest BCUT2D eigenvalue weighted by atomic mass is 9.96. The van der Waals surface area contributed by atoms with Gasteiger partial charge in [0.15, 0.2) is 5.92 Å². The first-order valence-electron chi connectivity index (χ1n) is 6.38. The Morgan fingerprint density at radius 3 is 2.19 bits per heavy atom. The van der Waals surface area contributed by atoms with Crippen LogP contribution in [0.3, 0.4) is 0 Å². The van der Waals surface area contributed by atoms with Gasteiger partial charge in [0.25, 0.3) is 0 Å². The normalized spacial score (nSPS) is 12.1. The minimum absolute atomic E-state index is 0.103. The lowest BCUT2D eigenvalue weighted by Gasteiger charge is -2.20. The van der Waals surface area contributed by atoms with Gasteiger partial charge >= 0.3 is 11.9 Å². The maximum atomic E-state index is 11.9. The van der Waals surface area contributed by atoms with E-state index in [1.807, 2.05) is 0 Å². The Morgan fingerprint density at radius 2 is 1.76 bits per heavy atom. The van der Waals surface area contributed by atoms with E-state index >= 15 is 0 Å². The third kappa shape index (κ3) is 4.69. The first-order chi connectivity index (χ1) is 9.92. The Labute approximate surface area is 136 Å². The number of hydrogen-bond acceptors (Lipinski definition) is 5. The molecule has 0 aliphatic rings. The topological polar surface area (TPSA) is 72.8 Å². The van der Waals surface area contributed by atoms with Gasteiger partial charge in [-0.05, 0) is 47.5 Å². The molecule has 1 N–H and O–H groups in total. The van der Waals surface area contributed by atoms with Crippen LogP contribution in [0.4, 0.5) is 0 Å². The van der Waals surface area contributed by atoms with Gasteiger partial charge in [0.2, 0.25) is 0 Å². The zero-order valence-electron chi connectivity index (χ0n) is 11.6. The molecule has 5 nitrogen and oxygen atoms in total. The van der Waals surface area contributed by atoms with Crippen molar-refractivity contribution in [2.75, 3.05) is 13.2 Å². The number of hydrogen-bond donors (Lipinski definition) is 1. The summed E-state index contributed by atoms with van der Waals surface area (Å²) in [6.45, 7) is 3.44. The van der Waals surface area contributed by atoms with E-state index in [-0.39, 0.29) is 13.2 Å². The van der Waals surface area contributed by atoms with Gasteiger partial charge in [0.1, 0.15) is 6.10 Å². The molecule has 0 saturated heterocycles. The molecule has 1 atom stereocenters. The quantitative estimate of drug-likeness (QED) is 0.608. The molecule has 1 aromatic rings. The van der Waals surface area contributed by atoms with Crippen molar-refractivity contribution < 1.29 is 24.2 Å². The SMILES string of the molecule is CCOC(=O)C(C(=O)OCC)C(O)c1ccc(Cl)c(Br)c1. The minimum atomic E-state index is -1.43. The first kappa shape index (κ1) is 17.9. The Hall–Kier alpha value is -1.11. The first-order valence-corrected chi connectivity index (χ1v) is 7.55. The summed E-state index contributed by atoms with van der Waals surface area (Å²) >= 11 is 9.10. The Kier molecular flexibility index (Phi) is 7.14. The van der Waals surface area contributed by atoms with Gasteiger partial charge in [-0.1, -0.05) is 17.7 Å². The monoisotopic (exact) mass is 378 g/mol. The van der Waals surface area contributed by atoms with Crippen LogP contribution in [0.2, 0.25) is 5.02 Å². The molecule has 0 aliphatic heterocycles. The van der Waals surface area contributed by atoms with Crippen molar-refractivity contribution in [3.63, 3.8) is 0 Å². The van der Waals surface area contributed by atoms with Crippen LogP contribution in [-0.2, 0) is 19.1 Å². The van der Waals surface area contributed by atoms with Gasteiger partial charge in [-0.2, -0.15) is 0 Å². The summed E-state index contributed by atoms with van der Waals surface area (Å²) in [6, 6.07) is 4.62. The fraction of sp³-hybridized carbons (Fsp3) is 0.429. The molecule has 0 heterocycles. The number of carbonyl (C=O) groups is 2. The molecule has 1 aromatic carbocycles. The zero-order chi connectivity index (χ0) is 16.0. The number of esters is 2. The van der Waals surface area contributed by atoms with Crippen LogP contribution in [0.15, 0.2) is 22.7 Å². The lowest BCUT2D eigenvalue weighted by Crippen LogP contribution is -2.33. The second-order valence-corrected chi connectivity index (χ2v) is 5.36. The standard InChI is InChI=1S/C14H16BrClO5/c1-3-20-13(18)11(14(19)21-4-2)12(17)8-5-6-10(16)9(15)7-8/h5-7,11-12,17H,3-4H2,1-2H3. The molecule has 0 amide bonds. The molecule has 7 heteroatoms. The van der Waals surface area contributed by atoms with Gasteiger partial charge < -0.3 is 14.6 Å². The predicted octanol–water partition coefficient (Wildman–Crippen LogP) is 2.88. The number of halogens is 2. The van der Waals surface area contributed by atoms with E-state index in [1.54, 1.807) is 26.0 Å². The minimum Gasteiger partial charge on any atom is -0.465 e. The summed E-state index contributed by atoms with van der Waals surface area (Å²) in [4.78, 5) is 23.8. The summed E-state index contributed by atoms with van der Waals surface area (Å²) < 4.78 is 10.2. The van der Waals surface area contributed by atoms with E-state index in [2.05, 4.69) is 15.9 Å². The van der Waals surface area contributed by atoms with Crippen molar-refractivity contribution in [1.82, 2.24) is 0 Å². The number of benzene rings is 1. The Morgan fingerprint density at radius 1 is 1.24 bits per heavy atom. The molecule has 0 fully saturated rings. The van der Waals surface area contributed by atoms with Crippen LogP contribution < -0.4 is 0 Å². The Bertz CT molecular complexity index is 502. The van der Waals surface area contributed by atoms with Gasteiger partial charge in [0, 0.05) is 4.47 Å². The number of rotatable bonds is 6. The van der Waals surface area contributed by atoms with Crippen molar-refractivity contribution in [3.8, 4) is 0 Å². The number of aliphatic hydroxyl groups is 1. The zero-order valence-corrected chi connectivity index (χ0v) is 14.0. The van der Waals surface area contributed by atoms with Crippen LogP contribution in [-0.4, -0.2) is 30.3 Å². The second-order valence-electron chi connectivity index (χ2n) is 4.10. The summed E-state index contributed by atoms with van der Waals surface area (Å²) in [5, 5.41) is 10.8. The van der Waals surface area contributed by atoms with Crippen molar-refractivity contribution in [2.45, 2.75) is 20.0 Å². The van der Waals surface area contributed by atoms with E-state index in [1.165, 1.54) is 6.07 Å². The molecule has 21 heavy (non-hydrogen) atoms. The van der Waals surface area contributed by atoms with Crippen molar-refractivity contribution in [2.24, 2.45) is 5.92 Å². The molecule has 0 bridgehead atoms. The van der Waals surface area contributed by atoms with Crippen LogP contribution in [0.5, 0.6) is 0 Å². The largest absolute Gasteiger partial charge is 0.465 e. The van der Waals surface area contributed by atoms with E-state index in [4.69, 9.17) is 21.1 Å². The van der Waals surface area contributed by atoms with Crippen LogP contribution in [0, 0.1) is 5.92 Å². The van der Waals surface area contributed by atoms with Gasteiger partial charge in [-0.3, -0.25) is 9.59 Å². The highest BCUT2D eigenvalue weighted by Crippen LogP contribution is 2.30. The molecule has 1 unspecified atom stereocenters. The predicted molar refractivity (Wildman–Crippen MR) is 80.9 cm³/mol. The summed E-state index contributed by atoms with van der Waals surface area (Å²) in [6.07, 6.45) is -1.38. The molecule has 0 aromatic heterocycles. The van der Waals surface area contributed by atoms with Gasteiger partial charge in [-0.15, -0.1) is 0 Å². The highest BCUT2D eigenvalue weighted by Gasteiger charge is 2.37. The number of ether oxygens (including phenoxy) is 2. The average molecular weight is 380 g/mol. The number of aliphatic hydroxyl groups excluding tert-OH is 1. The lowest BCUT2D eigenvalue weighted by molar-refractivity contribution is -0.167.